The lowest BCUT2D eigenvalue weighted by atomic mass is 9.99. The summed E-state index contributed by atoms with van der Waals surface area (Å²) in [5, 5.41) is 5.44. The van der Waals surface area contributed by atoms with E-state index in [1.165, 1.54) is 0 Å². The molecule has 2 rings (SSSR count). The molecular formula is C13H17N3O2. The third-order valence-corrected chi connectivity index (χ3v) is 2.99. The molecule has 0 saturated heterocycles. The van der Waals surface area contributed by atoms with Gasteiger partial charge in [0.1, 0.15) is 5.75 Å². The van der Waals surface area contributed by atoms with Crippen LogP contribution in [-0.4, -0.2) is 17.3 Å². The van der Waals surface area contributed by atoms with E-state index in [0.717, 1.165) is 22.4 Å². The fourth-order valence-corrected chi connectivity index (χ4v) is 2.20. The quantitative estimate of drug-likeness (QED) is 0.767. The maximum atomic E-state index is 11.6. The number of hydrogen-bond acceptors (Lipinski definition) is 3. The van der Waals surface area contributed by atoms with Crippen LogP contribution in [0.1, 0.15) is 16.7 Å². The molecule has 0 unspecified atom stereocenters. The SMILES string of the molecule is COc1cc(C)cc(C)c1-c1[nH][nH]c(=O)c1CN. The second-order valence-corrected chi connectivity index (χ2v) is 4.30. The van der Waals surface area contributed by atoms with Crippen LogP contribution in [0.3, 0.4) is 0 Å². The lowest BCUT2D eigenvalue weighted by molar-refractivity contribution is 0.415. The Morgan fingerprint density at radius 3 is 2.61 bits per heavy atom. The van der Waals surface area contributed by atoms with Gasteiger partial charge in [-0.1, -0.05) is 6.07 Å². The summed E-state index contributed by atoms with van der Waals surface area (Å²) in [7, 11) is 1.62. The average molecular weight is 247 g/mol. The number of nitrogens with one attached hydrogen (secondary N) is 2. The molecule has 0 radical (unpaired) electrons. The fraction of sp³-hybridized carbons (Fsp3) is 0.308. The lowest BCUT2D eigenvalue weighted by Gasteiger charge is -2.12. The topological polar surface area (TPSA) is 83.9 Å². The minimum atomic E-state index is -0.186. The third-order valence-electron chi connectivity index (χ3n) is 2.99. The number of aromatic amines is 2. The van der Waals surface area contributed by atoms with Crippen molar-refractivity contribution in [1.82, 2.24) is 10.2 Å². The molecule has 0 aliphatic carbocycles. The van der Waals surface area contributed by atoms with Gasteiger partial charge in [-0.15, -0.1) is 0 Å². The van der Waals surface area contributed by atoms with Crippen LogP contribution < -0.4 is 16.0 Å². The van der Waals surface area contributed by atoms with E-state index in [9.17, 15) is 4.79 Å². The van der Waals surface area contributed by atoms with E-state index < -0.39 is 0 Å². The second-order valence-electron chi connectivity index (χ2n) is 4.30. The standard InChI is InChI=1S/C13H17N3O2/c1-7-4-8(2)11(10(5-7)18-3)12-9(6-14)13(17)16-15-12/h4-5H,6,14H2,1-3H3,(H2,15,16,17). The summed E-state index contributed by atoms with van der Waals surface area (Å²) in [5.74, 6) is 0.734. The van der Waals surface area contributed by atoms with E-state index >= 15 is 0 Å². The Hall–Kier alpha value is -2.01. The van der Waals surface area contributed by atoms with Gasteiger partial charge in [0.25, 0.3) is 5.56 Å². The number of ether oxygens (including phenoxy) is 1. The van der Waals surface area contributed by atoms with E-state index in [4.69, 9.17) is 10.5 Å². The van der Waals surface area contributed by atoms with Crippen LogP contribution in [0.4, 0.5) is 0 Å². The zero-order valence-corrected chi connectivity index (χ0v) is 10.8. The highest BCUT2D eigenvalue weighted by Gasteiger charge is 2.17. The second kappa shape index (κ2) is 4.70. The van der Waals surface area contributed by atoms with Crippen molar-refractivity contribution in [2.45, 2.75) is 20.4 Å². The predicted molar refractivity (Wildman–Crippen MR) is 70.8 cm³/mol. The number of aromatic nitrogens is 2. The van der Waals surface area contributed by atoms with Crippen LogP contribution in [-0.2, 0) is 6.54 Å². The molecule has 5 heteroatoms. The molecule has 0 amide bonds. The third kappa shape index (κ3) is 1.93. The fourth-order valence-electron chi connectivity index (χ4n) is 2.20. The lowest BCUT2D eigenvalue weighted by Crippen LogP contribution is -2.11. The summed E-state index contributed by atoms with van der Waals surface area (Å²) in [5.41, 5.74) is 9.71. The minimum absolute atomic E-state index is 0.185. The Balaban J connectivity index is 2.74. The van der Waals surface area contributed by atoms with Gasteiger partial charge in [0.2, 0.25) is 0 Å². The van der Waals surface area contributed by atoms with Crippen LogP contribution >= 0.6 is 0 Å². The Morgan fingerprint density at radius 1 is 1.28 bits per heavy atom. The first kappa shape index (κ1) is 12.4. The molecule has 96 valence electrons. The molecule has 1 aromatic carbocycles. The molecule has 4 N–H and O–H groups in total. The van der Waals surface area contributed by atoms with Crippen molar-refractivity contribution in [3.05, 3.63) is 39.2 Å². The van der Waals surface area contributed by atoms with Crippen molar-refractivity contribution in [3.63, 3.8) is 0 Å². The van der Waals surface area contributed by atoms with Crippen LogP contribution in [0.5, 0.6) is 5.75 Å². The highest BCUT2D eigenvalue weighted by atomic mass is 16.5. The molecule has 0 aliphatic rings. The Morgan fingerprint density at radius 2 is 2.00 bits per heavy atom. The summed E-state index contributed by atoms with van der Waals surface area (Å²) in [6, 6.07) is 3.98. The number of methoxy groups -OCH3 is 1. The zero-order valence-electron chi connectivity index (χ0n) is 10.8. The Labute approximate surface area is 105 Å². The van der Waals surface area contributed by atoms with Crippen molar-refractivity contribution >= 4 is 0 Å². The van der Waals surface area contributed by atoms with Crippen molar-refractivity contribution in [2.75, 3.05) is 7.11 Å². The molecule has 0 saturated carbocycles. The number of H-pyrrole nitrogens is 2. The van der Waals surface area contributed by atoms with E-state index in [1.54, 1.807) is 7.11 Å². The number of hydrogen-bond donors (Lipinski definition) is 3. The molecule has 1 heterocycles. The largest absolute Gasteiger partial charge is 0.496 e. The van der Waals surface area contributed by atoms with Crippen LogP contribution in [0.25, 0.3) is 11.3 Å². The average Bonchev–Trinajstić information content (AvgIpc) is 2.69. The summed E-state index contributed by atoms with van der Waals surface area (Å²) in [6.07, 6.45) is 0. The first-order valence-corrected chi connectivity index (χ1v) is 5.73. The maximum absolute atomic E-state index is 11.6. The Bertz CT molecular complexity index is 626. The van der Waals surface area contributed by atoms with Gasteiger partial charge >= 0.3 is 0 Å². The summed E-state index contributed by atoms with van der Waals surface area (Å²) < 4.78 is 5.39. The summed E-state index contributed by atoms with van der Waals surface area (Å²) in [6.45, 7) is 4.17. The van der Waals surface area contributed by atoms with Gasteiger partial charge < -0.3 is 10.5 Å². The zero-order chi connectivity index (χ0) is 13.3. The van der Waals surface area contributed by atoms with Gasteiger partial charge in [-0.2, -0.15) is 0 Å². The van der Waals surface area contributed by atoms with Gasteiger partial charge in [-0.3, -0.25) is 15.0 Å². The smallest absolute Gasteiger partial charge is 0.269 e. The predicted octanol–water partition coefficient (Wildman–Crippen LogP) is 1.45. The molecule has 5 nitrogen and oxygen atoms in total. The summed E-state index contributed by atoms with van der Waals surface area (Å²) >= 11 is 0. The Kier molecular flexibility index (Phi) is 3.25. The molecule has 18 heavy (non-hydrogen) atoms. The van der Waals surface area contributed by atoms with E-state index in [1.807, 2.05) is 26.0 Å². The molecule has 0 fully saturated rings. The maximum Gasteiger partial charge on any atom is 0.269 e. The molecule has 0 bridgehead atoms. The van der Waals surface area contributed by atoms with Crippen LogP contribution in [0.2, 0.25) is 0 Å². The molecule has 0 aliphatic heterocycles. The summed E-state index contributed by atoms with van der Waals surface area (Å²) in [4.78, 5) is 11.6. The highest BCUT2D eigenvalue weighted by molar-refractivity contribution is 5.73. The van der Waals surface area contributed by atoms with E-state index in [2.05, 4.69) is 10.2 Å². The molecule has 2 aromatic rings. The molecule has 1 aromatic heterocycles. The van der Waals surface area contributed by atoms with Crippen LogP contribution in [0, 0.1) is 13.8 Å². The molecular weight excluding hydrogens is 230 g/mol. The van der Waals surface area contributed by atoms with E-state index in [0.29, 0.717) is 11.3 Å². The number of rotatable bonds is 3. The molecule has 0 atom stereocenters. The normalized spacial score (nSPS) is 10.7. The van der Waals surface area contributed by atoms with E-state index in [-0.39, 0.29) is 12.1 Å². The number of nitrogens with two attached hydrogens (primary N) is 1. The first-order valence-electron chi connectivity index (χ1n) is 5.73. The van der Waals surface area contributed by atoms with Gasteiger partial charge in [0, 0.05) is 12.1 Å². The van der Waals surface area contributed by atoms with Crippen molar-refractivity contribution < 1.29 is 4.74 Å². The van der Waals surface area contributed by atoms with Crippen molar-refractivity contribution in [2.24, 2.45) is 5.73 Å². The van der Waals surface area contributed by atoms with Crippen molar-refractivity contribution in [1.29, 1.82) is 0 Å². The van der Waals surface area contributed by atoms with Gasteiger partial charge in [-0.05, 0) is 31.0 Å². The highest BCUT2D eigenvalue weighted by Crippen LogP contribution is 2.33. The monoisotopic (exact) mass is 247 g/mol. The van der Waals surface area contributed by atoms with Gasteiger partial charge in [0.05, 0.1) is 18.4 Å². The van der Waals surface area contributed by atoms with Gasteiger partial charge in [-0.25, -0.2) is 0 Å². The molecule has 0 spiro atoms. The first-order chi connectivity index (χ1) is 8.58. The minimum Gasteiger partial charge on any atom is -0.496 e. The number of benzene rings is 1. The van der Waals surface area contributed by atoms with Crippen LogP contribution in [0.15, 0.2) is 16.9 Å². The van der Waals surface area contributed by atoms with Gasteiger partial charge in [0.15, 0.2) is 0 Å². The number of aryl methyl sites for hydroxylation is 2. The van der Waals surface area contributed by atoms with Crippen molar-refractivity contribution in [3.8, 4) is 17.0 Å².